The van der Waals surface area contributed by atoms with Crippen LogP contribution in [0.3, 0.4) is 0 Å². The van der Waals surface area contributed by atoms with Crippen LogP contribution in [-0.4, -0.2) is 45.9 Å². The van der Waals surface area contributed by atoms with E-state index in [-0.39, 0.29) is 17.7 Å². The van der Waals surface area contributed by atoms with Gasteiger partial charge in [0, 0.05) is 30.9 Å². The zero-order chi connectivity index (χ0) is 21.1. The highest BCUT2D eigenvalue weighted by atomic mass is 32.2. The Morgan fingerprint density at radius 1 is 1.31 bits per heavy atom. The lowest BCUT2D eigenvalue weighted by atomic mass is 9.51. The molecule has 1 spiro atoms. The summed E-state index contributed by atoms with van der Waals surface area (Å²) in [6.07, 6.45) is 6.00. The highest BCUT2D eigenvalue weighted by molar-refractivity contribution is 7.89. The fraction of sp³-hybridized carbons (Fsp3) is 0.667. The minimum Gasteiger partial charge on any atom is -0.378 e. The number of nitrogens with zero attached hydrogens (tertiary/aromatic N) is 1. The maximum absolute atomic E-state index is 13.8. The van der Waals surface area contributed by atoms with Crippen molar-refractivity contribution < 1.29 is 17.5 Å². The molecule has 3 rings (SSSR count). The molecule has 0 radical (unpaired) electrons. The van der Waals surface area contributed by atoms with Crippen LogP contribution in [0.1, 0.15) is 50.7 Å². The highest BCUT2D eigenvalue weighted by Gasteiger charge is 2.59. The third-order valence-corrected chi connectivity index (χ3v) is 6.92. The second kappa shape index (κ2) is 9.00. The number of hydrogen-bond donors (Lipinski definition) is 2. The molecule has 1 aromatic rings. The van der Waals surface area contributed by atoms with Gasteiger partial charge in [-0.1, -0.05) is 12.5 Å². The Labute approximate surface area is 173 Å². The lowest BCUT2D eigenvalue weighted by Gasteiger charge is -2.61. The summed E-state index contributed by atoms with van der Waals surface area (Å²) >= 11 is 0. The third-order valence-electron chi connectivity index (χ3n) is 6.09. The van der Waals surface area contributed by atoms with E-state index in [4.69, 9.17) is 4.74 Å². The normalized spacial score (nSPS) is 23.4. The van der Waals surface area contributed by atoms with Gasteiger partial charge in [0.15, 0.2) is 15.8 Å². The summed E-state index contributed by atoms with van der Waals surface area (Å²) in [4.78, 5) is 4.62. The van der Waals surface area contributed by atoms with Crippen molar-refractivity contribution >= 4 is 15.8 Å². The van der Waals surface area contributed by atoms with Crippen molar-refractivity contribution in [1.29, 1.82) is 0 Å². The van der Waals surface area contributed by atoms with Crippen molar-refractivity contribution in [2.24, 2.45) is 10.4 Å². The summed E-state index contributed by atoms with van der Waals surface area (Å²) in [5, 5.41) is 6.79. The fourth-order valence-electron chi connectivity index (χ4n) is 4.45. The predicted octanol–water partition coefficient (Wildman–Crippen LogP) is 2.77. The van der Waals surface area contributed by atoms with Crippen molar-refractivity contribution in [1.82, 2.24) is 10.6 Å². The van der Waals surface area contributed by atoms with E-state index < -0.39 is 15.7 Å². The van der Waals surface area contributed by atoms with Crippen LogP contribution in [-0.2, 0) is 26.9 Å². The average molecular weight is 426 g/mol. The van der Waals surface area contributed by atoms with Gasteiger partial charge in [-0.05, 0) is 56.4 Å². The van der Waals surface area contributed by atoms with Crippen molar-refractivity contribution in [3.05, 3.63) is 35.1 Å². The molecule has 0 heterocycles. The van der Waals surface area contributed by atoms with E-state index in [2.05, 4.69) is 15.6 Å². The quantitative estimate of drug-likeness (QED) is 0.495. The van der Waals surface area contributed by atoms with Gasteiger partial charge in [0.25, 0.3) is 0 Å². The number of ether oxygens (including phenoxy) is 1. The number of hydrogen-bond acceptors (Lipinski definition) is 4. The van der Waals surface area contributed by atoms with E-state index in [1.165, 1.54) is 30.9 Å². The van der Waals surface area contributed by atoms with Crippen LogP contribution in [0.2, 0.25) is 0 Å². The minimum absolute atomic E-state index is 0.121. The summed E-state index contributed by atoms with van der Waals surface area (Å²) in [7, 11) is -3.21. The van der Waals surface area contributed by atoms with Gasteiger partial charge in [-0.15, -0.1) is 0 Å². The molecule has 8 heteroatoms. The molecule has 0 aliphatic heterocycles. The van der Waals surface area contributed by atoms with Gasteiger partial charge < -0.3 is 15.4 Å². The van der Waals surface area contributed by atoms with Gasteiger partial charge in [0.05, 0.1) is 18.4 Å². The van der Waals surface area contributed by atoms with E-state index in [1.54, 1.807) is 0 Å². The first kappa shape index (κ1) is 22.0. The number of halogens is 1. The summed E-state index contributed by atoms with van der Waals surface area (Å²) in [6.45, 7) is 5.69. The van der Waals surface area contributed by atoms with E-state index in [0.717, 1.165) is 25.9 Å². The number of rotatable bonds is 8. The molecular formula is C21H32FN3O3S. The molecule has 0 bridgehead atoms. The largest absolute Gasteiger partial charge is 0.378 e. The molecule has 29 heavy (non-hydrogen) atoms. The van der Waals surface area contributed by atoms with E-state index in [0.29, 0.717) is 35.8 Å². The third kappa shape index (κ3) is 5.09. The van der Waals surface area contributed by atoms with Crippen molar-refractivity contribution in [3.63, 3.8) is 0 Å². The smallest absolute Gasteiger partial charge is 0.191 e. The maximum Gasteiger partial charge on any atom is 0.191 e. The van der Waals surface area contributed by atoms with Crippen molar-refractivity contribution in [2.45, 2.75) is 64.0 Å². The monoisotopic (exact) mass is 425 g/mol. The second-order valence-electron chi connectivity index (χ2n) is 8.14. The molecular weight excluding hydrogens is 393 g/mol. The van der Waals surface area contributed by atoms with Gasteiger partial charge >= 0.3 is 0 Å². The van der Waals surface area contributed by atoms with Crippen LogP contribution >= 0.6 is 0 Å². The van der Waals surface area contributed by atoms with E-state index in [9.17, 15) is 12.8 Å². The van der Waals surface area contributed by atoms with Crippen LogP contribution < -0.4 is 10.6 Å². The SMILES string of the molecule is CCNC(=NCc1cc(F)ccc1CS(C)(=O)=O)NC1CC(OCC)C12CCC2. The summed E-state index contributed by atoms with van der Waals surface area (Å²) in [5.74, 6) is 0.162. The van der Waals surface area contributed by atoms with Gasteiger partial charge in [0.2, 0.25) is 0 Å². The zero-order valence-corrected chi connectivity index (χ0v) is 18.3. The van der Waals surface area contributed by atoms with Gasteiger partial charge in [-0.25, -0.2) is 17.8 Å². The Kier molecular flexibility index (Phi) is 6.83. The molecule has 6 nitrogen and oxygen atoms in total. The maximum atomic E-state index is 13.8. The van der Waals surface area contributed by atoms with Crippen LogP contribution in [0.4, 0.5) is 4.39 Å². The highest BCUT2D eigenvalue weighted by Crippen LogP contribution is 2.57. The van der Waals surface area contributed by atoms with Crippen LogP contribution in [0.25, 0.3) is 0 Å². The van der Waals surface area contributed by atoms with Crippen LogP contribution in [0, 0.1) is 11.2 Å². The Morgan fingerprint density at radius 2 is 2.07 bits per heavy atom. The first-order chi connectivity index (χ1) is 13.8. The predicted molar refractivity (Wildman–Crippen MR) is 113 cm³/mol. The lowest BCUT2D eigenvalue weighted by molar-refractivity contribution is -0.168. The molecule has 2 saturated carbocycles. The molecule has 0 saturated heterocycles. The standard InChI is InChI=1S/C21H32FN3O3S/c1-4-23-20(25-18-12-19(28-5-2)21(18)9-6-10-21)24-13-16-11-17(22)8-7-15(16)14-29(3,26)27/h7-8,11,18-19H,4-6,9-10,12-14H2,1-3H3,(H2,23,24,25). The summed E-state index contributed by atoms with van der Waals surface area (Å²) < 4.78 is 43.1. The van der Waals surface area contributed by atoms with E-state index >= 15 is 0 Å². The minimum atomic E-state index is -3.21. The van der Waals surface area contributed by atoms with Gasteiger partial charge in [0.1, 0.15) is 5.82 Å². The van der Waals surface area contributed by atoms with Gasteiger partial charge in [-0.2, -0.15) is 0 Å². The molecule has 0 amide bonds. The Bertz CT molecular complexity index is 853. The Hall–Kier alpha value is -1.67. The van der Waals surface area contributed by atoms with Crippen LogP contribution in [0.15, 0.2) is 23.2 Å². The lowest BCUT2D eigenvalue weighted by Crippen LogP contribution is -2.68. The van der Waals surface area contributed by atoms with Crippen LogP contribution in [0.5, 0.6) is 0 Å². The Balaban J connectivity index is 1.73. The molecule has 1 aromatic carbocycles. The molecule has 2 fully saturated rings. The molecule has 2 aliphatic carbocycles. The number of sulfone groups is 1. The first-order valence-electron chi connectivity index (χ1n) is 10.4. The van der Waals surface area contributed by atoms with E-state index in [1.807, 2.05) is 13.8 Å². The summed E-state index contributed by atoms with van der Waals surface area (Å²) in [6, 6.07) is 4.51. The molecule has 162 valence electrons. The summed E-state index contributed by atoms with van der Waals surface area (Å²) in [5.41, 5.74) is 1.38. The topological polar surface area (TPSA) is 79.8 Å². The zero-order valence-electron chi connectivity index (χ0n) is 17.5. The Morgan fingerprint density at radius 3 is 2.66 bits per heavy atom. The second-order valence-corrected chi connectivity index (χ2v) is 10.3. The molecule has 2 N–H and O–H groups in total. The van der Waals surface area contributed by atoms with Gasteiger partial charge in [-0.3, -0.25) is 0 Å². The molecule has 2 unspecified atom stereocenters. The molecule has 2 aliphatic rings. The number of nitrogens with one attached hydrogen (secondary N) is 2. The number of aliphatic imine (C=N–C) groups is 1. The van der Waals surface area contributed by atoms with Crippen molar-refractivity contribution in [2.75, 3.05) is 19.4 Å². The fourth-order valence-corrected chi connectivity index (χ4v) is 5.30. The average Bonchev–Trinajstić information content (AvgIpc) is 2.58. The molecule has 0 aromatic heterocycles. The number of guanidine groups is 1. The van der Waals surface area contributed by atoms with Crippen molar-refractivity contribution in [3.8, 4) is 0 Å². The number of benzene rings is 1. The molecule has 2 atom stereocenters. The first-order valence-corrected chi connectivity index (χ1v) is 12.4.